The van der Waals surface area contributed by atoms with E-state index in [1.165, 1.54) is 23.5 Å². The van der Waals surface area contributed by atoms with E-state index in [-0.39, 0.29) is 16.8 Å². The van der Waals surface area contributed by atoms with E-state index in [1.54, 1.807) is 23.1 Å². The number of carbonyl (C=O) groups is 1. The van der Waals surface area contributed by atoms with Crippen LogP contribution in [0.25, 0.3) is 0 Å². The third-order valence-electron chi connectivity index (χ3n) is 3.93. The van der Waals surface area contributed by atoms with E-state index in [9.17, 15) is 13.2 Å². The first-order chi connectivity index (χ1) is 11.9. The highest BCUT2D eigenvalue weighted by molar-refractivity contribution is 7.89. The van der Waals surface area contributed by atoms with Crippen LogP contribution in [0.2, 0.25) is 4.34 Å². The molecular formula is C17H19ClN2O3S2. The van der Waals surface area contributed by atoms with Crippen LogP contribution >= 0.6 is 22.9 Å². The second kappa shape index (κ2) is 7.45. The molecule has 2 aromatic rings. The van der Waals surface area contributed by atoms with E-state index < -0.39 is 10.0 Å². The summed E-state index contributed by atoms with van der Waals surface area (Å²) in [6, 6.07) is 9.92. The summed E-state index contributed by atoms with van der Waals surface area (Å²) in [5.41, 5.74) is 0.364. The number of hydrogen-bond donors (Lipinski definition) is 1. The zero-order valence-corrected chi connectivity index (χ0v) is 16.1. The Morgan fingerprint density at radius 3 is 2.68 bits per heavy atom. The summed E-state index contributed by atoms with van der Waals surface area (Å²) in [4.78, 5) is 15.6. The summed E-state index contributed by atoms with van der Waals surface area (Å²) in [5, 5.41) is 0. The van der Waals surface area contributed by atoms with Crippen LogP contribution in [-0.2, 0) is 16.6 Å². The van der Waals surface area contributed by atoms with Crippen molar-refractivity contribution in [3.05, 3.63) is 51.2 Å². The fraction of sp³-hybridized carbons (Fsp3) is 0.353. The van der Waals surface area contributed by atoms with Crippen molar-refractivity contribution >= 4 is 38.9 Å². The standard InChI is InChI=1S/C17H19ClN2O3S2/c1-2-20(11-14-8-9-16(18)24-14)17(21)12-4-3-5-15(10-12)25(22,23)19-13-6-7-13/h3-5,8-10,13,19H,2,6-7,11H2,1H3. The molecule has 0 saturated heterocycles. The van der Waals surface area contributed by atoms with Crippen molar-refractivity contribution in [1.82, 2.24) is 9.62 Å². The number of nitrogens with one attached hydrogen (secondary N) is 1. The second-order valence-electron chi connectivity index (χ2n) is 5.95. The molecule has 0 unspecified atom stereocenters. The third kappa shape index (κ3) is 4.61. The third-order valence-corrected chi connectivity index (χ3v) is 6.67. The molecule has 1 heterocycles. The Bertz CT molecular complexity index is 876. The van der Waals surface area contributed by atoms with E-state index in [1.807, 2.05) is 13.0 Å². The molecule has 1 aliphatic rings. The largest absolute Gasteiger partial charge is 0.334 e. The summed E-state index contributed by atoms with van der Waals surface area (Å²) in [6.07, 6.45) is 1.73. The van der Waals surface area contributed by atoms with Gasteiger partial charge in [-0.25, -0.2) is 13.1 Å². The number of carbonyl (C=O) groups excluding carboxylic acids is 1. The number of nitrogens with zero attached hydrogens (tertiary/aromatic N) is 1. The van der Waals surface area contributed by atoms with Crippen molar-refractivity contribution in [3.63, 3.8) is 0 Å². The van der Waals surface area contributed by atoms with Gasteiger partial charge in [-0.1, -0.05) is 17.7 Å². The average molecular weight is 399 g/mol. The summed E-state index contributed by atoms with van der Waals surface area (Å²) in [6.45, 7) is 2.86. The Labute approximate surface area is 156 Å². The molecule has 1 amide bonds. The van der Waals surface area contributed by atoms with Crippen molar-refractivity contribution < 1.29 is 13.2 Å². The van der Waals surface area contributed by atoms with Gasteiger partial charge in [-0.05, 0) is 50.1 Å². The van der Waals surface area contributed by atoms with Gasteiger partial charge in [0.1, 0.15) is 0 Å². The molecule has 8 heteroatoms. The van der Waals surface area contributed by atoms with Gasteiger partial charge < -0.3 is 4.90 Å². The molecule has 134 valence electrons. The topological polar surface area (TPSA) is 66.5 Å². The van der Waals surface area contributed by atoms with Crippen LogP contribution in [-0.4, -0.2) is 31.8 Å². The Balaban J connectivity index is 1.79. The van der Waals surface area contributed by atoms with E-state index in [0.717, 1.165) is 17.7 Å². The monoisotopic (exact) mass is 398 g/mol. The quantitative estimate of drug-likeness (QED) is 0.776. The maximum atomic E-state index is 12.8. The lowest BCUT2D eigenvalue weighted by molar-refractivity contribution is 0.0754. The predicted octanol–water partition coefficient (Wildman–Crippen LogP) is 3.50. The van der Waals surface area contributed by atoms with Gasteiger partial charge in [-0.15, -0.1) is 11.3 Å². The van der Waals surface area contributed by atoms with Gasteiger partial charge in [0.05, 0.1) is 15.8 Å². The number of thiophene rings is 1. The zero-order valence-electron chi connectivity index (χ0n) is 13.7. The normalized spacial score (nSPS) is 14.5. The molecule has 1 fully saturated rings. The minimum Gasteiger partial charge on any atom is -0.334 e. The van der Waals surface area contributed by atoms with Gasteiger partial charge in [0, 0.05) is 23.0 Å². The SMILES string of the molecule is CCN(Cc1ccc(Cl)s1)C(=O)c1cccc(S(=O)(=O)NC2CC2)c1. The molecule has 1 aromatic heterocycles. The molecule has 1 N–H and O–H groups in total. The number of amides is 1. The second-order valence-corrected chi connectivity index (χ2v) is 9.46. The van der Waals surface area contributed by atoms with Gasteiger partial charge >= 0.3 is 0 Å². The lowest BCUT2D eigenvalue weighted by atomic mass is 10.2. The van der Waals surface area contributed by atoms with Crippen LogP contribution in [0.5, 0.6) is 0 Å². The van der Waals surface area contributed by atoms with Crippen molar-refractivity contribution in [1.29, 1.82) is 0 Å². The predicted molar refractivity (Wildman–Crippen MR) is 99.5 cm³/mol. The van der Waals surface area contributed by atoms with Crippen molar-refractivity contribution in [2.75, 3.05) is 6.54 Å². The summed E-state index contributed by atoms with van der Waals surface area (Å²) >= 11 is 7.37. The molecule has 25 heavy (non-hydrogen) atoms. The fourth-order valence-electron chi connectivity index (χ4n) is 2.42. The van der Waals surface area contributed by atoms with Crippen LogP contribution < -0.4 is 4.72 Å². The highest BCUT2D eigenvalue weighted by atomic mass is 35.5. The number of hydrogen-bond acceptors (Lipinski definition) is 4. The lowest BCUT2D eigenvalue weighted by Crippen LogP contribution is -2.30. The van der Waals surface area contributed by atoms with Crippen LogP contribution in [0.1, 0.15) is 35.0 Å². The molecule has 0 radical (unpaired) electrons. The Morgan fingerprint density at radius 1 is 1.32 bits per heavy atom. The van der Waals surface area contributed by atoms with Crippen LogP contribution in [0, 0.1) is 0 Å². The molecule has 3 rings (SSSR count). The Morgan fingerprint density at radius 2 is 2.08 bits per heavy atom. The molecule has 5 nitrogen and oxygen atoms in total. The van der Waals surface area contributed by atoms with Gasteiger partial charge in [-0.3, -0.25) is 4.79 Å². The smallest absolute Gasteiger partial charge is 0.254 e. The van der Waals surface area contributed by atoms with Gasteiger partial charge in [0.2, 0.25) is 10.0 Å². The fourth-order valence-corrected chi connectivity index (χ4v) is 4.87. The zero-order chi connectivity index (χ0) is 18.0. The molecule has 1 saturated carbocycles. The molecule has 1 aliphatic carbocycles. The number of sulfonamides is 1. The van der Waals surface area contributed by atoms with Gasteiger partial charge in [0.15, 0.2) is 0 Å². The molecule has 0 atom stereocenters. The Hall–Kier alpha value is -1.41. The molecule has 0 bridgehead atoms. The molecule has 0 aliphatic heterocycles. The maximum Gasteiger partial charge on any atom is 0.254 e. The Kier molecular flexibility index (Phi) is 5.48. The number of halogens is 1. The van der Waals surface area contributed by atoms with Crippen LogP contribution in [0.4, 0.5) is 0 Å². The lowest BCUT2D eigenvalue weighted by Gasteiger charge is -2.20. The van der Waals surface area contributed by atoms with Crippen molar-refractivity contribution in [3.8, 4) is 0 Å². The average Bonchev–Trinajstić information content (AvgIpc) is 3.30. The van der Waals surface area contributed by atoms with Crippen molar-refractivity contribution in [2.24, 2.45) is 0 Å². The number of rotatable bonds is 7. The van der Waals surface area contributed by atoms with E-state index >= 15 is 0 Å². The molecular weight excluding hydrogens is 380 g/mol. The highest BCUT2D eigenvalue weighted by Crippen LogP contribution is 2.24. The highest BCUT2D eigenvalue weighted by Gasteiger charge is 2.28. The minimum absolute atomic E-state index is 0.0278. The summed E-state index contributed by atoms with van der Waals surface area (Å²) < 4.78 is 28.0. The number of benzene rings is 1. The van der Waals surface area contributed by atoms with Crippen molar-refractivity contribution in [2.45, 2.75) is 37.2 Å². The van der Waals surface area contributed by atoms with Crippen LogP contribution in [0.15, 0.2) is 41.3 Å². The van der Waals surface area contributed by atoms with E-state index in [4.69, 9.17) is 11.6 Å². The van der Waals surface area contributed by atoms with E-state index in [2.05, 4.69) is 4.72 Å². The van der Waals surface area contributed by atoms with Gasteiger partial charge in [-0.2, -0.15) is 0 Å². The maximum absolute atomic E-state index is 12.8. The summed E-state index contributed by atoms with van der Waals surface area (Å²) in [5.74, 6) is -0.199. The van der Waals surface area contributed by atoms with Crippen LogP contribution in [0.3, 0.4) is 0 Å². The molecule has 0 spiro atoms. The first kappa shape index (κ1) is 18.4. The summed E-state index contributed by atoms with van der Waals surface area (Å²) in [7, 11) is -3.58. The van der Waals surface area contributed by atoms with E-state index in [0.29, 0.717) is 23.0 Å². The van der Waals surface area contributed by atoms with Gasteiger partial charge in [0.25, 0.3) is 5.91 Å². The minimum atomic E-state index is -3.58. The first-order valence-electron chi connectivity index (χ1n) is 8.05. The molecule has 1 aromatic carbocycles. The first-order valence-corrected chi connectivity index (χ1v) is 10.7.